The monoisotopic (exact) mass is 364 g/mol. The van der Waals surface area contributed by atoms with Gasteiger partial charge in [-0.1, -0.05) is 36.4 Å². The molecule has 0 bridgehead atoms. The zero-order valence-corrected chi connectivity index (χ0v) is 15.0. The molecule has 2 aromatic carbocycles. The molecule has 0 aliphatic rings. The van der Waals surface area contributed by atoms with Gasteiger partial charge in [-0.3, -0.25) is 10.2 Å². The number of carbonyl (C=O) groups is 1. The molecular weight excluding hydrogens is 344 g/mol. The van der Waals surface area contributed by atoms with E-state index in [1.54, 1.807) is 0 Å². The average Bonchev–Trinajstić information content (AvgIpc) is 3.19. The molecule has 0 fully saturated rings. The van der Waals surface area contributed by atoms with Gasteiger partial charge in [0.2, 0.25) is 5.91 Å². The molecule has 3 rings (SSSR count). The maximum atomic E-state index is 12.0. The molecule has 0 radical (unpaired) electrons. The number of thiophene rings is 1. The number of amides is 1. The summed E-state index contributed by atoms with van der Waals surface area (Å²) in [5.74, 6) is 0.273. The number of hydrogen-bond donors (Lipinski definition) is 4. The van der Waals surface area contributed by atoms with Crippen molar-refractivity contribution in [3.05, 3.63) is 82.6 Å². The number of rotatable bonds is 7. The molecule has 3 aromatic rings. The van der Waals surface area contributed by atoms with Gasteiger partial charge in [0.15, 0.2) is 0 Å². The fourth-order valence-electron chi connectivity index (χ4n) is 2.39. The van der Waals surface area contributed by atoms with Crippen LogP contribution in [-0.4, -0.2) is 18.3 Å². The molecule has 0 spiro atoms. The summed E-state index contributed by atoms with van der Waals surface area (Å²) in [6.07, 6.45) is 0. The molecule has 132 valence electrons. The predicted octanol–water partition coefficient (Wildman–Crippen LogP) is 3.91. The minimum Gasteiger partial charge on any atom is -0.340 e. The van der Waals surface area contributed by atoms with Crippen LogP contribution in [0.4, 0.5) is 11.4 Å². The van der Waals surface area contributed by atoms with Gasteiger partial charge in [0, 0.05) is 17.9 Å². The van der Waals surface area contributed by atoms with Crippen LogP contribution in [-0.2, 0) is 11.3 Å². The normalized spacial score (nSPS) is 10.3. The molecule has 0 aliphatic carbocycles. The third-order valence-electron chi connectivity index (χ3n) is 3.66. The Morgan fingerprint density at radius 3 is 2.23 bits per heavy atom. The van der Waals surface area contributed by atoms with E-state index in [4.69, 9.17) is 5.41 Å². The third kappa shape index (κ3) is 5.27. The summed E-state index contributed by atoms with van der Waals surface area (Å²) in [6, 6.07) is 21.1. The number of hydrogen-bond acceptors (Lipinski definition) is 4. The Bertz CT molecular complexity index is 845. The molecule has 0 atom stereocenters. The number of benzene rings is 2. The lowest BCUT2D eigenvalue weighted by molar-refractivity contribution is -0.115. The van der Waals surface area contributed by atoms with Crippen LogP contribution >= 0.6 is 11.3 Å². The van der Waals surface area contributed by atoms with Crippen LogP contribution in [0.1, 0.15) is 10.4 Å². The summed E-state index contributed by atoms with van der Waals surface area (Å²) in [6.45, 7) is 0.903. The van der Waals surface area contributed by atoms with Gasteiger partial charge in [0.25, 0.3) is 0 Å². The minimum absolute atomic E-state index is 0.0898. The first-order valence-corrected chi connectivity index (χ1v) is 9.13. The molecule has 0 aliphatic heterocycles. The van der Waals surface area contributed by atoms with Crippen molar-refractivity contribution in [3.8, 4) is 0 Å². The zero-order chi connectivity index (χ0) is 18.2. The first-order chi connectivity index (χ1) is 12.7. The molecule has 4 N–H and O–H groups in total. The number of anilines is 2. The maximum Gasteiger partial charge on any atom is 0.238 e. The van der Waals surface area contributed by atoms with Gasteiger partial charge in [-0.15, -0.1) is 11.3 Å². The lowest BCUT2D eigenvalue weighted by Crippen LogP contribution is -2.27. The lowest BCUT2D eigenvalue weighted by atomic mass is 10.2. The van der Waals surface area contributed by atoms with E-state index >= 15 is 0 Å². The van der Waals surface area contributed by atoms with E-state index in [1.807, 2.05) is 72.1 Å². The van der Waals surface area contributed by atoms with Crippen molar-refractivity contribution in [2.24, 2.45) is 0 Å². The molecule has 0 saturated carbocycles. The summed E-state index contributed by atoms with van der Waals surface area (Å²) in [5.41, 5.74) is 2.68. The fourth-order valence-corrected chi connectivity index (χ4v) is 3.01. The Morgan fingerprint density at radius 2 is 1.58 bits per heavy atom. The fraction of sp³-hybridized carbons (Fsp3) is 0.100. The Balaban J connectivity index is 1.44. The van der Waals surface area contributed by atoms with Crippen molar-refractivity contribution >= 4 is 34.5 Å². The quantitative estimate of drug-likeness (QED) is 0.379. The van der Waals surface area contributed by atoms with Gasteiger partial charge in [0.1, 0.15) is 5.84 Å². The van der Waals surface area contributed by atoms with Crippen molar-refractivity contribution in [1.29, 1.82) is 5.41 Å². The molecule has 0 unspecified atom stereocenters. The maximum absolute atomic E-state index is 12.0. The Morgan fingerprint density at radius 1 is 0.885 bits per heavy atom. The van der Waals surface area contributed by atoms with E-state index in [-0.39, 0.29) is 12.5 Å². The lowest BCUT2D eigenvalue weighted by Gasteiger charge is -2.09. The van der Waals surface area contributed by atoms with Crippen LogP contribution in [0.15, 0.2) is 72.1 Å². The van der Waals surface area contributed by atoms with Gasteiger partial charge in [-0.25, -0.2) is 0 Å². The zero-order valence-electron chi connectivity index (χ0n) is 14.2. The Labute approximate surface area is 156 Å². The van der Waals surface area contributed by atoms with Gasteiger partial charge in [-0.2, -0.15) is 0 Å². The van der Waals surface area contributed by atoms with Crippen molar-refractivity contribution in [2.45, 2.75) is 6.54 Å². The van der Waals surface area contributed by atoms with Crippen LogP contribution in [0, 0.1) is 5.41 Å². The average molecular weight is 364 g/mol. The van der Waals surface area contributed by atoms with Crippen molar-refractivity contribution in [3.63, 3.8) is 0 Å². The second kappa shape index (κ2) is 8.94. The molecule has 1 aromatic heterocycles. The van der Waals surface area contributed by atoms with E-state index in [0.29, 0.717) is 12.4 Å². The summed E-state index contributed by atoms with van der Waals surface area (Å²) in [4.78, 5) is 12.9. The Kier molecular flexibility index (Phi) is 6.14. The van der Waals surface area contributed by atoms with Gasteiger partial charge < -0.3 is 16.0 Å². The highest BCUT2D eigenvalue weighted by atomic mass is 32.1. The minimum atomic E-state index is -0.0898. The highest BCUT2D eigenvalue weighted by Gasteiger charge is 2.05. The summed E-state index contributed by atoms with van der Waals surface area (Å²) >= 11 is 1.52. The van der Waals surface area contributed by atoms with Crippen LogP contribution in [0.2, 0.25) is 0 Å². The van der Waals surface area contributed by atoms with Gasteiger partial charge >= 0.3 is 0 Å². The molecule has 0 saturated heterocycles. The van der Waals surface area contributed by atoms with E-state index < -0.39 is 0 Å². The van der Waals surface area contributed by atoms with Gasteiger partial charge in [-0.05, 0) is 41.3 Å². The first-order valence-electron chi connectivity index (χ1n) is 8.25. The summed E-state index contributed by atoms with van der Waals surface area (Å²) < 4.78 is 0. The van der Waals surface area contributed by atoms with Crippen LogP contribution in [0.25, 0.3) is 0 Å². The third-order valence-corrected chi connectivity index (χ3v) is 4.55. The van der Waals surface area contributed by atoms with Crippen LogP contribution < -0.4 is 16.0 Å². The number of carbonyl (C=O) groups excluding carboxylic acids is 1. The van der Waals surface area contributed by atoms with E-state index in [2.05, 4.69) is 16.0 Å². The smallest absolute Gasteiger partial charge is 0.238 e. The van der Waals surface area contributed by atoms with E-state index in [0.717, 1.165) is 21.8 Å². The largest absolute Gasteiger partial charge is 0.340 e. The highest BCUT2D eigenvalue weighted by Crippen LogP contribution is 2.16. The second-order valence-corrected chi connectivity index (χ2v) is 6.64. The van der Waals surface area contributed by atoms with Crippen LogP contribution in [0.3, 0.4) is 0 Å². The summed E-state index contributed by atoms with van der Waals surface area (Å²) in [7, 11) is 0. The molecule has 1 amide bonds. The Hall–Kier alpha value is -2.96. The van der Waals surface area contributed by atoms with E-state index in [9.17, 15) is 4.79 Å². The van der Waals surface area contributed by atoms with E-state index in [1.165, 1.54) is 11.3 Å². The number of nitrogens with one attached hydrogen (secondary N) is 4. The molecular formula is C20H20N4OS. The van der Waals surface area contributed by atoms with Crippen molar-refractivity contribution < 1.29 is 4.79 Å². The highest BCUT2D eigenvalue weighted by molar-refractivity contribution is 7.12. The second-order valence-electron chi connectivity index (χ2n) is 5.69. The molecule has 1 heterocycles. The first kappa shape index (κ1) is 17.8. The number of amidine groups is 1. The molecule has 6 heteroatoms. The molecule has 5 nitrogen and oxygen atoms in total. The van der Waals surface area contributed by atoms with Crippen molar-refractivity contribution in [1.82, 2.24) is 5.32 Å². The van der Waals surface area contributed by atoms with Crippen molar-refractivity contribution in [2.75, 3.05) is 17.2 Å². The van der Waals surface area contributed by atoms with Crippen LogP contribution in [0.5, 0.6) is 0 Å². The van der Waals surface area contributed by atoms with Gasteiger partial charge in [0.05, 0.1) is 11.4 Å². The predicted molar refractivity (Wildman–Crippen MR) is 108 cm³/mol. The SMILES string of the molecule is N=C(Nc1ccc(NC(=O)CNCc2ccccc2)cc1)c1cccs1. The standard InChI is InChI=1S/C20H20N4OS/c21-20(18-7-4-12-26-18)24-17-10-8-16(9-11-17)23-19(25)14-22-13-15-5-2-1-3-6-15/h1-12,22H,13-14H2,(H2,21,24)(H,23,25). The topological polar surface area (TPSA) is 77.0 Å². The summed E-state index contributed by atoms with van der Waals surface area (Å²) in [5, 5.41) is 19.0. The molecule has 26 heavy (non-hydrogen) atoms.